The van der Waals surface area contributed by atoms with E-state index in [0.29, 0.717) is 5.56 Å². The molecule has 0 fully saturated rings. The van der Waals surface area contributed by atoms with Gasteiger partial charge in [0.25, 0.3) is 0 Å². The fraction of sp³-hybridized carbons (Fsp3) is 0.0667. The molecule has 1 heterocycles. The zero-order valence-corrected chi connectivity index (χ0v) is 12.4. The summed E-state index contributed by atoms with van der Waals surface area (Å²) in [6.45, 7) is 0. The van der Waals surface area contributed by atoms with Gasteiger partial charge >= 0.3 is 0 Å². The molecule has 2 aromatic carbocycles. The molecular formula is C15H10IN3. The number of hydrogen-bond acceptors (Lipinski definition) is 2. The zero-order chi connectivity index (χ0) is 13.4. The van der Waals surface area contributed by atoms with Crippen molar-refractivity contribution in [2.45, 2.75) is 0 Å². The van der Waals surface area contributed by atoms with Crippen molar-refractivity contribution in [3.8, 4) is 17.5 Å². The predicted molar refractivity (Wildman–Crippen MR) is 83.6 cm³/mol. The van der Waals surface area contributed by atoms with E-state index in [1.54, 1.807) is 0 Å². The van der Waals surface area contributed by atoms with Crippen LogP contribution in [0.1, 0.15) is 5.56 Å². The second-order valence-electron chi connectivity index (χ2n) is 4.32. The maximum atomic E-state index is 8.94. The maximum absolute atomic E-state index is 8.94. The minimum absolute atomic E-state index is 0.639. The lowest BCUT2D eigenvalue weighted by Gasteiger charge is -2.02. The molecule has 0 aliphatic heterocycles. The van der Waals surface area contributed by atoms with Gasteiger partial charge in [0, 0.05) is 16.2 Å². The van der Waals surface area contributed by atoms with Gasteiger partial charge in [0.1, 0.15) is 5.82 Å². The van der Waals surface area contributed by atoms with E-state index in [1.165, 1.54) is 3.57 Å². The van der Waals surface area contributed by atoms with Crippen molar-refractivity contribution in [3.05, 3.63) is 51.6 Å². The van der Waals surface area contributed by atoms with Crippen LogP contribution in [0.4, 0.5) is 0 Å². The van der Waals surface area contributed by atoms with Crippen molar-refractivity contribution in [2.24, 2.45) is 7.05 Å². The fourth-order valence-electron chi connectivity index (χ4n) is 2.13. The van der Waals surface area contributed by atoms with Crippen LogP contribution < -0.4 is 0 Å². The lowest BCUT2D eigenvalue weighted by molar-refractivity contribution is 0.959. The molecular weight excluding hydrogens is 349 g/mol. The molecule has 0 saturated carbocycles. The highest BCUT2D eigenvalue weighted by molar-refractivity contribution is 14.1. The molecule has 19 heavy (non-hydrogen) atoms. The highest BCUT2D eigenvalue weighted by atomic mass is 127. The van der Waals surface area contributed by atoms with Crippen molar-refractivity contribution in [2.75, 3.05) is 0 Å². The lowest BCUT2D eigenvalue weighted by atomic mass is 10.2. The van der Waals surface area contributed by atoms with Gasteiger partial charge in [0.2, 0.25) is 0 Å². The molecule has 1 aromatic heterocycles. The molecule has 0 aliphatic carbocycles. The number of nitrogens with zero attached hydrogens (tertiary/aromatic N) is 3. The number of fused-ring (bicyclic) bond motifs is 1. The number of aromatic nitrogens is 2. The van der Waals surface area contributed by atoms with Crippen molar-refractivity contribution in [1.29, 1.82) is 5.26 Å². The van der Waals surface area contributed by atoms with Crippen molar-refractivity contribution < 1.29 is 0 Å². The first-order valence-corrected chi connectivity index (χ1v) is 6.89. The van der Waals surface area contributed by atoms with Crippen molar-refractivity contribution >= 4 is 33.6 Å². The average molecular weight is 359 g/mol. The molecule has 0 unspecified atom stereocenters. The van der Waals surface area contributed by atoms with Gasteiger partial charge in [0.05, 0.1) is 22.7 Å². The molecule has 0 aliphatic rings. The van der Waals surface area contributed by atoms with E-state index in [1.807, 2.05) is 25.2 Å². The lowest BCUT2D eigenvalue weighted by Crippen LogP contribution is -1.92. The first-order chi connectivity index (χ1) is 9.19. The molecule has 0 atom stereocenters. The Balaban J connectivity index is 2.22. The SMILES string of the molecule is Cn1c(-c2ccc(I)cc2)nc2cc(C#N)ccc21. The summed E-state index contributed by atoms with van der Waals surface area (Å²) in [6.07, 6.45) is 0. The largest absolute Gasteiger partial charge is 0.327 e. The Hall–Kier alpha value is -1.87. The Morgan fingerprint density at radius 1 is 1.16 bits per heavy atom. The Labute approximate surface area is 124 Å². The molecule has 92 valence electrons. The highest BCUT2D eigenvalue weighted by Crippen LogP contribution is 2.24. The molecule has 4 heteroatoms. The van der Waals surface area contributed by atoms with Crippen molar-refractivity contribution in [1.82, 2.24) is 9.55 Å². The average Bonchev–Trinajstić information content (AvgIpc) is 2.76. The van der Waals surface area contributed by atoms with Gasteiger partial charge in [-0.05, 0) is 52.9 Å². The Kier molecular flexibility index (Phi) is 2.99. The number of rotatable bonds is 1. The highest BCUT2D eigenvalue weighted by Gasteiger charge is 2.10. The first-order valence-electron chi connectivity index (χ1n) is 5.81. The minimum Gasteiger partial charge on any atom is -0.327 e. The van der Waals surface area contributed by atoms with Crippen LogP contribution in [-0.2, 0) is 7.05 Å². The normalized spacial score (nSPS) is 10.6. The molecule has 3 rings (SSSR count). The molecule has 0 bridgehead atoms. The fourth-order valence-corrected chi connectivity index (χ4v) is 2.49. The number of halogens is 1. The first kappa shape index (κ1) is 12.2. The molecule has 0 spiro atoms. The van der Waals surface area contributed by atoms with E-state index in [9.17, 15) is 0 Å². The van der Waals surface area contributed by atoms with Crippen LogP contribution in [0.2, 0.25) is 0 Å². The van der Waals surface area contributed by atoms with Gasteiger partial charge in [-0.25, -0.2) is 4.98 Å². The number of nitriles is 1. The van der Waals surface area contributed by atoms with E-state index in [0.717, 1.165) is 22.4 Å². The zero-order valence-electron chi connectivity index (χ0n) is 10.3. The monoisotopic (exact) mass is 359 g/mol. The summed E-state index contributed by atoms with van der Waals surface area (Å²) in [6, 6.07) is 16.0. The van der Waals surface area contributed by atoms with Gasteiger partial charge in [0.15, 0.2) is 0 Å². The van der Waals surface area contributed by atoms with Gasteiger partial charge in [-0.2, -0.15) is 5.26 Å². The van der Waals surface area contributed by atoms with Crippen LogP contribution in [-0.4, -0.2) is 9.55 Å². The molecule has 0 amide bonds. The van der Waals surface area contributed by atoms with Crippen LogP contribution in [0.15, 0.2) is 42.5 Å². The maximum Gasteiger partial charge on any atom is 0.140 e. The number of benzene rings is 2. The van der Waals surface area contributed by atoms with Crippen LogP contribution in [0.25, 0.3) is 22.4 Å². The van der Waals surface area contributed by atoms with E-state index >= 15 is 0 Å². The number of hydrogen-bond donors (Lipinski definition) is 0. The number of imidazole rings is 1. The number of aryl methyl sites for hydroxylation is 1. The second kappa shape index (κ2) is 4.67. The van der Waals surface area contributed by atoms with E-state index in [2.05, 4.69) is 62.5 Å². The summed E-state index contributed by atoms with van der Waals surface area (Å²) < 4.78 is 3.26. The molecule has 0 radical (unpaired) electrons. The van der Waals surface area contributed by atoms with Crippen LogP contribution >= 0.6 is 22.6 Å². The van der Waals surface area contributed by atoms with Crippen LogP contribution in [0, 0.1) is 14.9 Å². The molecule has 3 nitrogen and oxygen atoms in total. The predicted octanol–water partition coefficient (Wildman–Crippen LogP) is 3.72. The summed E-state index contributed by atoms with van der Waals surface area (Å²) >= 11 is 2.28. The second-order valence-corrected chi connectivity index (χ2v) is 5.56. The summed E-state index contributed by atoms with van der Waals surface area (Å²) in [4.78, 5) is 4.63. The van der Waals surface area contributed by atoms with Crippen molar-refractivity contribution in [3.63, 3.8) is 0 Å². The van der Waals surface area contributed by atoms with Crippen LogP contribution in [0.5, 0.6) is 0 Å². The van der Waals surface area contributed by atoms with Gasteiger partial charge in [-0.15, -0.1) is 0 Å². The van der Waals surface area contributed by atoms with Crippen LogP contribution in [0.3, 0.4) is 0 Å². The Morgan fingerprint density at radius 2 is 1.89 bits per heavy atom. The molecule has 3 aromatic rings. The Bertz CT molecular complexity index is 795. The Morgan fingerprint density at radius 3 is 2.58 bits per heavy atom. The minimum atomic E-state index is 0.639. The third kappa shape index (κ3) is 2.10. The van der Waals surface area contributed by atoms with E-state index in [-0.39, 0.29) is 0 Å². The quantitative estimate of drug-likeness (QED) is 0.622. The van der Waals surface area contributed by atoms with Gasteiger partial charge < -0.3 is 4.57 Å². The van der Waals surface area contributed by atoms with E-state index in [4.69, 9.17) is 5.26 Å². The summed E-state index contributed by atoms with van der Waals surface area (Å²) in [5.74, 6) is 0.918. The summed E-state index contributed by atoms with van der Waals surface area (Å²) in [5.41, 5.74) is 3.61. The summed E-state index contributed by atoms with van der Waals surface area (Å²) in [7, 11) is 1.99. The van der Waals surface area contributed by atoms with Gasteiger partial charge in [-0.3, -0.25) is 0 Å². The summed E-state index contributed by atoms with van der Waals surface area (Å²) in [5, 5.41) is 8.94. The van der Waals surface area contributed by atoms with Gasteiger partial charge in [-0.1, -0.05) is 12.1 Å². The third-order valence-corrected chi connectivity index (χ3v) is 3.83. The molecule has 0 N–H and O–H groups in total. The molecule has 0 saturated heterocycles. The topological polar surface area (TPSA) is 41.6 Å². The standard InChI is InChI=1S/C15H10IN3/c1-19-14-7-2-10(9-17)8-13(14)18-15(19)11-3-5-12(16)6-4-11/h2-8H,1H3. The third-order valence-electron chi connectivity index (χ3n) is 3.11. The smallest absolute Gasteiger partial charge is 0.140 e. The van der Waals surface area contributed by atoms with E-state index < -0.39 is 0 Å².